The lowest BCUT2D eigenvalue weighted by atomic mass is 10.1. The summed E-state index contributed by atoms with van der Waals surface area (Å²) in [7, 11) is 0. The highest BCUT2D eigenvalue weighted by atomic mass is 15.1. The van der Waals surface area contributed by atoms with Gasteiger partial charge in [-0.1, -0.05) is 0 Å². The molecule has 5 nitrogen and oxygen atoms in total. The van der Waals surface area contributed by atoms with Gasteiger partial charge >= 0.3 is 0 Å². The molecule has 1 aliphatic rings. The van der Waals surface area contributed by atoms with E-state index < -0.39 is 0 Å². The van der Waals surface area contributed by atoms with Gasteiger partial charge in [-0.2, -0.15) is 0 Å². The van der Waals surface area contributed by atoms with Gasteiger partial charge < -0.3 is 15.2 Å². The largest absolute Gasteiger partial charge is 0.372 e. The van der Waals surface area contributed by atoms with Crippen molar-refractivity contribution < 1.29 is 0 Å². The fourth-order valence-electron chi connectivity index (χ4n) is 3.39. The highest BCUT2D eigenvalue weighted by Gasteiger charge is 2.12. The van der Waals surface area contributed by atoms with Gasteiger partial charge in [0.1, 0.15) is 17.3 Å². The Kier molecular flexibility index (Phi) is 3.84. The lowest BCUT2D eigenvalue weighted by Gasteiger charge is -2.28. The van der Waals surface area contributed by atoms with Crippen molar-refractivity contribution in [2.24, 2.45) is 0 Å². The molecule has 3 heterocycles. The number of hydrogen-bond donors (Lipinski definition) is 2. The third kappa shape index (κ3) is 2.94. The van der Waals surface area contributed by atoms with Crippen LogP contribution in [-0.4, -0.2) is 28.0 Å². The van der Waals surface area contributed by atoms with E-state index >= 15 is 0 Å². The number of rotatable bonds is 3. The van der Waals surface area contributed by atoms with Crippen LogP contribution in [0.4, 0.5) is 17.2 Å². The first-order valence-corrected chi connectivity index (χ1v) is 8.65. The zero-order valence-electron chi connectivity index (χ0n) is 14.3. The van der Waals surface area contributed by atoms with Crippen LogP contribution in [0.5, 0.6) is 0 Å². The minimum atomic E-state index is 0.761. The van der Waals surface area contributed by atoms with Crippen LogP contribution in [0.1, 0.15) is 30.8 Å². The topological polar surface area (TPSA) is 56.8 Å². The molecule has 1 fully saturated rings. The van der Waals surface area contributed by atoms with Crippen LogP contribution in [0.25, 0.3) is 11.0 Å². The van der Waals surface area contributed by atoms with Gasteiger partial charge in [0, 0.05) is 30.2 Å². The standard InChI is InChI=1S/C19H23N5/c1-13-12-17-18(20-13)21-14(2)22-19(17)23-15-6-8-16(9-7-15)24-10-4-3-5-11-24/h6-9,12H,3-5,10-11H2,1-2H3,(H2,20,21,22,23). The Hall–Kier alpha value is -2.56. The van der Waals surface area contributed by atoms with Crippen LogP contribution in [0, 0.1) is 13.8 Å². The van der Waals surface area contributed by atoms with Crippen molar-refractivity contribution in [1.82, 2.24) is 15.0 Å². The van der Waals surface area contributed by atoms with E-state index in [0.29, 0.717) is 0 Å². The average Bonchev–Trinajstić information content (AvgIpc) is 2.97. The summed E-state index contributed by atoms with van der Waals surface area (Å²) in [4.78, 5) is 14.8. The Morgan fingerprint density at radius 2 is 1.75 bits per heavy atom. The number of nitrogens with one attached hydrogen (secondary N) is 2. The minimum Gasteiger partial charge on any atom is -0.372 e. The van der Waals surface area contributed by atoms with Crippen molar-refractivity contribution in [3.8, 4) is 0 Å². The maximum absolute atomic E-state index is 4.57. The van der Waals surface area contributed by atoms with Gasteiger partial charge in [-0.05, 0) is 63.4 Å². The van der Waals surface area contributed by atoms with Gasteiger partial charge in [0.15, 0.2) is 0 Å². The molecular formula is C19H23N5. The van der Waals surface area contributed by atoms with Crippen LogP contribution < -0.4 is 10.2 Å². The van der Waals surface area contributed by atoms with Gasteiger partial charge in [-0.3, -0.25) is 0 Å². The SMILES string of the molecule is Cc1nc(Nc2ccc(N3CCCCC3)cc2)c2cc(C)[nH]c2n1. The van der Waals surface area contributed by atoms with E-state index in [2.05, 4.69) is 55.5 Å². The van der Waals surface area contributed by atoms with Gasteiger partial charge in [0.05, 0.1) is 5.39 Å². The van der Waals surface area contributed by atoms with E-state index in [1.165, 1.54) is 38.0 Å². The van der Waals surface area contributed by atoms with Gasteiger partial charge in [-0.15, -0.1) is 0 Å². The Bertz CT molecular complexity index is 844. The van der Waals surface area contributed by atoms with Crippen molar-refractivity contribution in [2.45, 2.75) is 33.1 Å². The Balaban J connectivity index is 1.59. The molecule has 0 radical (unpaired) electrons. The molecule has 1 aliphatic heterocycles. The van der Waals surface area contributed by atoms with Crippen molar-refractivity contribution in [3.63, 3.8) is 0 Å². The lowest BCUT2D eigenvalue weighted by molar-refractivity contribution is 0.578. The van der Waals surface area contributed by atoms with Crippen LogP contribution in [-0.2, 0) is 0 Å². The number of aryl methyl sites for hydroxylation is 2. The smallest absolute Gasteiger partial charge is 0.143 e. The van der Waals surface area contributed by atoms with E-state index in [1.807, 2.05) is 13.8 Å². The molecule has 0 aliphatic carbocycles. The molecule has 0 atom stereocenters. The molecular weight excluding hydrogens is 298 g/mol. The van der Waals surface area contributed by atoms with E-state index in [4.69, 9.17) is 0 Å². The zero-order valence-corrected chi connectivity index (χ0v) is 14.3. The number of benzene rings is 1. The molecule has 0 saturated carbocycles. The summed E-state index contributed by atoms with van der Waals surface area (Å²) in [6, 6.07) is 10.7. The maximum atomic E-state index is 4.57. The molecule has 0 spiro atoms. The summed E-state index contributed by atoms with van der Waals surface area (Å²) in [5.41, 5.74) is 4.33. The normalized spacial score (nSPS) is 15.0. The first-order chi connectivity index (χ1) is 11.7. The monoisotopic (exact) mass is 321 g/mol. The zero-order chi connectivity index (χ0) is 16.5. The number of aromatic nitrogens is 3. The molecule has 1 aromatic carbocycles. The van der Waals surface area contributed by atoms with E-state index in [9.17, 15) is 0 Å². The molecule has 1 saturated heterocycles. The third-order valence-electron chi connectivity index (χ3n) is 4.59. The van der Waals surface area contributed by atoms with Crippen molar-refractivity contribution in [3.05, 3.63) is 41.9 Å². The second-order valence-corrected chi connectivity index (χ2v) is 6.55. The number of nitrogens with zero attached hydrogens (tertiary/aromatic N) is 3. The van der Waals surface area contributed by atoms with E-state index in [-0.39, 0.29) is 0 Å². The van der Waals surface area contributed by atoms with Gasteiger partial charge in [-0.25, -0.2) is 9.97 Å². The molecule has 4 rings (SSSR count). The minimum absolute atomic E-state index is 0.761. The predicted molar refractivity (Wildman–Crippen MR) is 99.2 cm³/mol. The van der Waals surface area contributed by atoms with Crippen LogP contribution in [0.15, 0.2) is 30.3 Å². The van der Waals surface area contributed by atoms with Gasteiger partial charge in [0.2, 0.25) is 0 Å². The maximum Gasteiger partial charge on any atom is 0.143 e. The first kappa shape index (κ1) is 15.0. The molecule has 3 aromatic rings. The summed E-state index contributed by atoms with van der Waals surface area (Å²) >= 11 is 0. The number of fused-ring (bicyclic) bond motifs is 1. The second kappa shape index (κ2) is 6.15. The average molecular weight is 321 g/mol. The van der Waals surface area contributed by atoms with E-state index in [1.54, 1.807) is 0 Å². The predicted octanol–water partition coefficient (Wildman–Crippen LogP) is 4.31. The summed E-state index contributed by atoms with van der Waals surface area (Å²) in [5, 5.41) is 4.47. The third-order valence-corrected chi connectivity index (χ3v) is 4.59. The number of aromatic amines is 1. The molecule has 2 N–H and O–H groups in total. The molecule has 5 heteroatoms. The van der Waals surface area contributed by atoms with E-state index in [0.717, 1.165) is 34.1 Å². The molecule has 2 aromatic heterocycles. The summed E-state index contributed by atoms with van der Waals surface area (Å²) in [5.74, 6) is 1.62. The number of hydrogen-bond acceptors (Lipinski definition) is 4. The second-order valence-electron chi connectivity index (χ2n) is 6.55. The fourth-order valence-corrected chi connectivity index (χ4v) is 3.39. The quantitative estimate of drug-likeness (QED) is 0.755. The first-order valence-electron chi connectivity index (χ1n) is 8.65. The van der Waals surface area contributed by atoms with Crippen LogP contribution in [0.3, 0.4) is 0 Å². The van der Waals surface area contributed by atoms with Crippen LogP contribution in [0.2, 0.25) is 0 Å². The van der Waals surface area contributed by atoms with Crippen molar-refractivity contribution in [1.29, 1.82) is 0 Å². The molecule has 124 valence electrons. The summed E-state index contributed by atoms with van der Waals surface area (Å²) in [6.45, 7) is 6.29. The molecule has 0 bridgehead atoms. The molecule has 24 heavy (non-hydrogen) atoms. The number of anilines is 3. The Morgan fingerprint density at radius 3 is 2.50 bits per heavy atom. The summed E-state index contributed by atoms with van der Waals surface area (Å²) in [6.07, 6.45) is 3.95. The number of H-pyrrole nitrogens is 1. The number of piperidine rings is 1. The van der Waals surface area contributed by atoms with Gasteiger partial charge in [0.25, 0.3) is 0 Å². The highest BCUT2D eigenvalue weighted by molar-refractivity contribution is 5.89. The van der Waals surface area contributed by atoms with Crippen molar-refractivity contribution >= 4 is 28.2 Å². The Morgan fingerprint density at radius 1 is 1.00 bits per heavy atom. The molecule has 0 amide bonds. The van der Waals surface area contributed by atoms with Crippen LogP contribution >= 0.6 is 0 Å². The fraction of sp³-hybridized carbons (Fsp3) is 0.368. The highest BCUT2D eigenvalue weighted by Crippen LogP contribution is 2.27. The summed E-state index contributed by atoms with van der Waals surface area (Å²) < 4.78 is 0. The van der Waals surface area contributed by atoms with Crippen molar-refractivity contribution in [2.75, 3.05) is 23.3 Å². The molecule has 0 unspecified atom stereocenters. The Labute approximate surface area is 142 Å². The lowest BCUT2D eigenvalue weighted by Crippen LogP contribution is -2.29.